The molecule has 0 bridgehead atoms. The van der Waals surface area contributed by atoms with Gasteiger partial charge in [0, 0.05) is 6.61 Å². The van der Waals surface area contributed by atoms with Crippen LogP contribution in [0.2, 0.25) is 0 Å². The number of rotatable bonds is 4. The average Bonchev–Trinajstić information content (AvgIpc) is 2.82. The molecule has 0 aliphatic rings. The molecular weight excluding hydrogens is 208 g/mol. The van der Waals surface area contributed by atoms with E-state index in [0.717, 1.165) is 18.0 Å². The zero-order chi connectivity index (χ0) is 10.7. The Morgan fingerprint density at radius 1 is 1.53 bits per heavy atom. The Morgan fingerprint density at radius 2 is 2.40 bits per heavy atom. The molecule has 0 aromatic carbocycles. The molecule has 2 heterocycles. The maximum Gasteiger partial charge on any atom is 0.104 e. The quantitative estimate of drug-likeness (QED) is 0.863. The van der Waals surface area contributed by atoms with Gasteiger partial charge >= 0.3 is 0 Å². The van der Waals surface area contributed by atoms with Crippen LogP contribution in [0, 0.1) is 6.92 Å². The number of hydrogen-bond acceptors (Lipinski definition) is 3. The normalized spacial score (nSPS) is 10.8. The summed E-state index contributed by atoms with van der Waals surface area (Å²) >= 11 is 1.72. The van der Waals surface area contributed by atoms with E-state index in [1.165, 1.54) is 10.4 Å². The molecule has 0 saturated heterocycles. The van der Waals surface area contributed by atoms with Crippen molar-refractivity contribution in [3.8, 4) is 10.6 Å². The van der Waals surface area contributed by atoms with Crippen molar-refractivity contribution >= 4 is 11.3 Å². The standard InChI is InChI=1S/C11H14N2OS/c1-3-14-5-9-11(13-7-12-9)10-4-8(2)6-15-10/h4,6-7H,3,5H2,1-2H3,(H,12,13). The predicted molar refractivity (Wildman–Crippen MR) is 62.0 cm³/mol. The number of imidazole rings is 1. The molecule has 0 amide bonds. The number of H-pyrrole nitrogens is 1. The van der Waals surface area contributed by atoms with Gasteiger partial charge in [-0.1, -0.05) is 0 Å². The summed E-state index contributed by atoms with van der Waals surface area (Å²) in [6, 6.07) is 2.15. The first-order valence-electron chi connectivity index (χ1n) is 4.96. The summed E-state index contributed by atoms with van der Waals surface area (Å²) in [4.78, 5) is 8.64. The fourth-order valence-electron chi connectivity index (χ4n) is 1.40. The van der Waals surface area contributed by atoms with Crippen LogP contribution in [-0.4, -0.2) is 16.6 Å². The highest BCUT2D eigenvalue weighted by atomic mass is 32.1. The predicted octanol–water partition coefficient (Wildman–Crippen LogP) is 2.98. The molecule has 0 spiro atoms. The van der Waals surface area contributed by atoms with Crippen LogP contribution >= 0.6 is 11.3 Å². The first-order chi connectivity index (χ1) is 7.31. The van der Waals surface area contributed by atoms with Gasteiger partial charge in [0.1, 0.15) is 5.69 Å². The molecule has 3 nitrogen and oxygen atoms in total. The molecule has 15 heavy (non-hydrogen) atoms. The van der Waals surface area contributed by atoms with Crippen molar-refractivity contribution in [2.75, 3.05) is 6.61 Å². The van der Waals surface area contributed by atoms with E-state index < -0.39 is 0 Å². The molecule has 0 fully saturated rings. The minimum atomic E-state index is 0.600. The van der Waals surface area contributed by atoms with Crippen LogP contribution < -0.4 is 0 Å². The highest BCUT2D eigenvalue weighted by molar-refractivity contribution is 7.13. The lowest BCUT2D eigenvalue weighted by atomic mass is 10.2. The Kier molecular flexibility index (Phi) is 3.18. The lowest BCUT2D eigenvalue weighted by molar-refractivity contribution is 0.132. The Morgan fingerprint density at radius 3 is 3.07 bits per heavy atom. The molecule has 0 atom stereocenters. The summed E-state index contributed by atoms with van der Waals surface area (Å²) in [6.45, 7) is 5.41. The van der Waals surface area contributed by atoms with Gasteiger partial charge in [-0.05, 0) is 30.9 Å². The second-order valence-corrected chi connectivity index (χ2v) is 4.27. The van der Waals surface area contributed by atoms with Gasteiger partial charge in [-0.2, -0.15) is 0 Å². The lowest BCUT2D eigenvalue weighted by Gasteiger charge is -2.00. The first kappa shape index (κ1) is 10.4. The van der Waals surface area contributed by atoms with Crippen LogP contribution in [0.25, 0.3) is 10.6 Å². The minimum absolute atomic E-state index is 0.600. The van der Waals surface area contributed by atoms with Crippen molar-refractivity contribution in [2.24, 2.45) is 0 Å². The molecule has 2 rings (SSSR count). The lowest BCUT2D eigenvalue weighted by Crippen LogP contribution is -1.93. The fraction of sp³-hybridized carbons (Fsp3) is 0.364. The third-order valence-electron chi connectivity index (χ3n) is 2.13. The van der Waals surface area contributed by atoms with E-state index in [0.29, 0.717) is 6.61 Å². The molecule has 2 aromatic heterocycles. The van der Waals surface area contributed by atoms with Crippen LogP contribution in [0.1, 0.15) is 18.2 Å². The van der Waals surface area contributed by atoms with E-state index >= 15 is 0 Å². The van der Waals surface area contributed by atoms with E-state index in [-0.39, 0.29) is 0 Å². The van der Waals surface area contributed by atoms with E-state index in [4.69, 9.17) is 4.74 Å². The van der Waals surface area contributed by atoms with Gasteiger partial charge in [-0.15, -0.1) is 11.3 Å². The van der Waals surface area contributed by atoms with Gasteiger partial charge in [0.05, 0.1) is 23.5 Å². The topological polar surface area (TPSA) is 37.9 Å². The van der Waals surface area contributed by atoms with E-state index in [1.54, 1.807) is 17.7 Å². The monoisotopic (exact) mass is 222 g/mol. The smallest absolute Gasteiger partial charge is 0.104 e. The number of nitrogens with one attached hydrogen (secondary N) is 1. The maximum absolute atomic E-state index is 5.38. The molecule has 4 heteroatoms. The van der Waals surface area contributed by atoms with Crippen LogP contribution in [0.3, 0.4) is 0 Å². The Labute approximate surface area is 93.1 Å². The number of aromatic nitrogens is 2. The van der Waals surface area contributed by atoms with Gasteiger partial charge in [0.15, 0.2) is 0 Å². The number of aryl methyl sites for hydroxylation is 1. The van der Waals surface area contributed by atoms with Crippen LogP contribution in [0.15, 0.2) is 17.8 Å². The van der Waals surface area contributed by atoms with Crippen molar-refractivity contribution in [1.82, 2.24) is 9.97 Å². The van der Waals surface area contributed by atoms with Crippen molar-refractivity contribution in [2.45, 2.75) is 20.5 Å². The second kappa shape index (κ2) is 4.59. The zero-order valence-corrected chi connectivity index (χ0v) is 9.73. The van der Waals surface area contributed by atoms with Crippen LogP contribution in [0.5, 0.6) is 0 Å². The summed E-state index contributed by atoms with van der Waals surface area (Å²) in [5.41, 5.74) is 3.35. The molecule has 0 unspecified atom stereocenters. The number of aromatic amines is 1. The van der Waals surface area contributed by atoms with Crippen LogP contribution in [-0.2, 0) is 11.3 Å². The third kappa shape index (κ3) is 2.27. The third-order valence-corrected chi connectivity index (χ3v) is 3.19. The van der Waals surface area contributed by atoms with Crippen molar-refractivity contribution in [3.63, 3.8) is 0 Å². The highest BCUT2D eigenvalue weighted by Crippen LogP contribution is 2.27. The van der Waals surface area contributed by atoms with Gasteiger partial charge in [-0.25, -0.2) is 4.98 Å². The molecule has 0 aliphatic carbocycles. The van der Waals surface area contributed by atoms with Crippen molar-refractivity contribution < 1.29 is 4.74 Å². The van der Waals surface area contributed by atoms with Gasteiger partial charge in [0.25, 0.3) is 0 Å². The Bertz CT molecular complexity index is 433. The molecular formula is C11H14N2OS. The van der Waals surface area contributed by atoms with Crippen LogP contribution in [0.4, 0.5) is 0 Å². The molecule has 0 radical (unpaired) electrons. The Hall–Kier alpha value is -1.13. The summed E-state index contributed by atoms with van der Waals surface area (Å²) in [5.74, 6) is 0. The zero-order valence-electron chi connectivity index (χ0n) is 8.91. The molecule has 80 valence electrons. The average molecular weight is 222 g/mol. The van der Waals surface area contributed by atoms with E-state index in [2.05, 4.69) is 28.3 Å². The second-order valence-electron chi connectivity index (χ2n) is 3.36. The van der Waals surface area contributed by atoms with E-state index in [1.807, 2.05) is 6.92 Å². The summed E-state index contributed by atoms with van der Waals surface area (Å²) in [7, 11) is 0. The number of hydrogen-bond donors (Lipinski definition) is 1. The summed E-state index contributed by atoms with van der Waals surface area (Å²) in [5, 5.41) is 2.13. The molecule has 1 N–H and O–H groups in total. The first-order valence-corrected chi connectivity index (χ1v) is 5.84. The van der Waals surface area contributed by atoms with Crippen molar-refractivity contribution in [3.05, 3.63) is 29.0 Å². The van der Waals surface area contributed by atoms with Gasteiger partial charge < -0.3 is 9.72 Å². The van der Waals surface area contributed by atoms with Gasteiger partial charge in [-0.3, -0.25) is 0 Å². The van der Waals surface area contributed by atoms with Gasteiger partial charge in [0.2, 0.25) is 0 Å². The SMILES string of the molecule is CCOCc1[nH]cnc1-c1cc(C)cs1. The maximum atomic E-state index is 5.38. The molecule has 0 aliphatic heterocycles. The fourth-order valence-corrected chi connectivity index (χ4v) is 2.33. The molecule has 0 saturated carbocycles. The molecule has 2 aromatic rings. The number of nitrogens with zero attached hydrogens (tertiary/aromatic N) is 1. The van der Waals surface area contributed by atoms with Crippen molar-refractivity contribution in [1.29, 1.82) is 0 Å². The number of thiophene rings is 1. The number of ether oxygens (including phenoxy) is 1. The minimum Gasteiger partial charge on any atom is -0.375 e. The largest absolute Gasteiger partial charge is 0.375 e. The summed E-state index contributed by atoms with van der Waals surface area (Å²) in [6.07, 6.45) is 1.72. The summed E-state index contributed by atoms with van der Waals surface area (Å²) < 4.78 is 5.38. The Balaban J connectivity index is 2.24. The highest BCUT2D eigenvalue weighted by Gasteiger charge is 2.09. The van der Waals surface area contributed by atoms with E-state index in [9.17, 15) is 0 Å².